The molecular formula is C9H22S. The third-order valence-electron chi connectivity index (χ3n) is 1.51. The summed E-state index contributed by atoms with van der Waals surface area (Å²) in [5.74, 6) is 1.06. The topological polar surface area (TPSA) is 0 Å². The third kappa shape index (κ3) is 11.2. The molecule has 0 unspecified atom stereocenters. The van der Waals surface area contributed by atoms with Crippen molar-refractivity contribution in [2.45, 2.75) is 52.9 Å². The average Bonchev–Trinajstić information content (AvgIpc) is 1.89. The molecule has 0 N–H and O–H groups in total. The van der Waals surface area contributed by atoms with Crippen LogP contribution in [0, 0.1) is 0 Å². The second kappa shape index (κ2) is 12.1. The Morgan fingerprint density at radius 3 is 1.90 bits per heavy atom. The molecule has 0 rings (SSSR count). The molecule has 0 aromatic rings. The number of unbranched alkanes of at least 4 members (excludes halogenated alkanes) is 5. The van der Waals surface area contributed by atoms with E-state index in [1.165, 1.54) is 38.5 Å². The monoisotopic (exact) mass is 162 g/mol. The zero-order chi connectivity index (χ0) is 6.95. The predicted octanol–water partition coefficient (Wildman–Crippen LogP) is 3.91. The van der Waals surface area contributed by atoms with Gasteiger partial charge in [-0.2, -0.15) is 12.6 Å². The highest BCUT2D eigenvalue weighted by Crippen LogP contribution is 2.04. The second-order valence-corrected chi connectivity index (χ2v) is 2.94. The van der Waals surface area contributed by atoms with Crippen molar-refractivity contribution in [2.75, 3.05) is 5.75 Å². The van der Waals surface area contributed by atoms with Crippen LogP contribution >= 0.6 is 12.6 Å². The smallest absolute Gasteiger partial charge is 0.00979 e. The fraction of sp³-hybridized carbons (Fsp3) is 1.00. The maximum absolute atomic E-state index is 4.15. The van der Waals surface area contributed by atoms with Gasteiger partial charge in [0, 0.05) is 0 Å². The molecule has 0 heterocycles. The maximum atomic E-state index is 4.15. The van der Waals surface area contributed by atoms with Crippen LogP contribution in [-0.4, -0.2) is 5.75 Å². The van der Waals surface area contributed by atoms with Crippen LogP contribution in [0.15, 0.2) is 0 Å². The van der Waals surface area contributed by atoms with Gasteiger partial charge in [-0.05, 0) is 12.2 Å². The SMILES string of the molecule is C.CCCCCCCCS. The minimum absolute atomic E-state index is 0. The predicted molar refractivity (Wildman–Crippen MR) is 54.0 cm³/mol. The van der Waals surface area contributed by atoms with Crippen molar-refractivity contribution in [3.63, 3.8) is 0 Å². The first-order valence-electron chi connectivity index (χ1n) is 4.02. The lowest BCUT2D eigenvalue weighted by Gasteiger charge is -1.95. The van der Waals surface area contributed by atoms with Crippen LogP contribution < -0.4 is 0 Å². The molecule has 0 aliphatic carbocycles. The fourth-order valence-electron chi connectivity index (χ4n) is 0.892. The van der Waals surface area contributed by atoms with E-state index in [1.807, 2.05) is 0 Å². The summed E-state index contributed by atoms with van der Waals surface area (Å²) in [6.45, 7) is 2.25. The van der Waals surface area contributed by atoms with E-state index in [4.69, 9.17) is 0 Å². The summed E-state index contributed by atoms with van der Waals surface area (Å²) < 4.78 is 0. The summed E-state index contributed by atoms with van der Waals surface area (Å²) in [6.07, 6.45) is 8.27. The summed E-state index contributed by atoms with van der Waals surface area (Å²) in [7, 11) is 0. The van der Waals surface area contributed by atoms with E-state index in [1.54, 1.807) is 0 Å². The first-order chi connectivity index (χ1) is 4.41. The van der Waals surface area contributed by atoms with Crippen molar-refractivity contribution in [3.8, 4) is 0 Å². The Hall–Kier alpha value is 0.350. The Labute approximate surface area is 71.8 Å². The summed E-state index contributed by atoms with van der Waals surface area (Å²) >= 11 is 4.15. The highest BCUT2D eigenvalue weighted by Gasteiger charge is 1.86. The summed E-state index contributed by atoms with van der Waals surface area (Å²) in [6, 6.07) is 0. The Morgan fingerprint density at radius 2 is 1.40 bits per heavy atom. The van der Waals surface area contributed by atoms with Gasteiger partial charge in [-0.1, -0.05) is 46.5 Å². The van der Waals surface area contributed by atoms with Crippen molar-refractivity contribution in [2.24, 2.45) is 0 Å². The molecule has 0 atom stereocenters. The number of rotatable bonds is 6. The molecular weight excluding hydrogens is 140 g/mol. The molecule has 0 amide bonds. The van der Waals surface area contributed by atoms with Gasteiger partial charge in [0.2, 0.25) is 0 Å². The average molecular weight is 162 g/mol. The lowest BCUT2D eigenvalue weighted by Crippen LogP contribution is -1.78. The van der Waals surface area contributed by atoms with Crippen molar-refractivity contribution in [1.82, 2.24) is 0 Å². The third-order valence-corrected chi connectivity index (χ3v) is 1.83. The molecule has 0 aromatic carbocycles. The Morgan fingerprint density at radius 1 is 0.900 bits per heavy atom. The Balaban J connectivity index is 0. The molecule has 0 fully saturated rings. The van der Waals surface area contributed by atoms with Crippen LogP contribution in [0.25, 0.3) is 0 Å². The standard InChI is InChI=1S/C8H18S.CH4/c1-2-3-4-5-6-7-8-9;/h9H,2-8H2,1H3;1H4. The minimum Gasteiger partial charge on any atom is -0.179 e. The van der Waals surface area contributed by atoms with Gasteiger partial charge in [-0.25, -0.2) is 0 Å². The molecule has 0 nitrogen and oxygen atoms in total. The molecule has 0 aliphatic rings. The van der Waals surface area contributed by atoms with Gasteiger partial charge in [0.15, 0.2) is 0 Å². The van der Waals surface area contributed by atoms with E-state index in [9.17, 15) is 0 Å². The fourth-order valence-corrected chi connectivity index (χ4v) is 1.12. The molecule has 0 saturated carbocycles. The van der Waals surface area contributed by atoms with E-state index < -0.39 is 0 Å². The van der Waals surface area contributed by atoms with Crippen molar-refractivity contribution >= 4 is 12.6 Å². The summed E-state index contributed by atoms with van der Waals surface area (Å²) in [4.78, 5) is 0. The molecule has 0 radical (unpaired) electrons. The first kappa shape index (κ1) is 13.0. The van der Waals surface area contributed by atoms with Crippen LogP contribution in [0.4, 0.5) is 0 Å². The van der Waals surface area contributed by atoms with Crippen molar-refractivity contribution in [3.05, 3.63) is 0 Å². The number of thiol groups is 1. The van der Waals surface area contributed by atoms with E-state index in [0.29, 0.717) is 0 Å². The zero-order valence-corrected chi connectivity index (χ0v) is 7.29. The minimum atomic E-state index is 0. The van der Waals surface area contributed by atoms with Crippen LogP contribution in [0.1, 0.15) is 52.9 Å². The van der Waals surface area contributed by atoms with Gasteiger partial charge in [0.1, 0.15) is 0 Å². The molecule has 0 aromatic heterocycles. The van der Waals surface area contributed by atoms with E-state index in [-0.39, 0.29) is 7.43 Å². The molecule has 0 aliphatic heterocycles. The van der Waals surface area contributed by atoms with Gasteiger partial charge in [0.05, 0.1) is 0 Å². The van der Waals surface area contributed by atoms with E-state index >= 15 is 0 Å². The molecule has 1 heteroatoms. The quantitative estimate of drug-likeness (QED) is 0.444. The van der Waals surface area contributed by atoms with E-state index in [2.05, 4.69) is 19.6 Å². The largest absolute Gasteiger partial charge is 0.179 e. The highest BCUT2D eigenvalue weighted by molar-refractivity contribution is 7.80. The molecule has 64 valence electrons. The van der Waals surface area contributed by atoms with Gasteiger partial charge in [0.25, 0.3) is 0 Å². The van der Waals surface area contributed by atoms with Crippen LogP contribution in [0.5, 0.6) is 0 Å². The van der Waals surface area contributed by atoms with E-state index in [0.717, 1.165) is 5.75 Å². The van der Waals surface area contributed by atoms with Gasteiger partial charge in [-0.3, -0.25) is 0 Å². The summed E-state index contributed by atoms with van der Waals surface area (Å²) in [5, 5.41) is 0. The number of hydrogen-bond acceptors (Lipinski definition) is 1. The highest BCUT2D eigenvalue weighted by atomic mass is 32.1. The molecule has 10 heavy (non-hydrogen) atoms. The molecule has 0 bridgehead atoms. The lowest BCUT2D eigenvalue weighted by atomic mass is 10.1. The van der Waals surface area contributed by atoms with Gasteiger partial charge >= 0.3 is 0 Å². The van der Waals surface area contributed by atoms with Crippen LogP contribution in [-0.2, 0) is 0 Å². The summed E-state index contributed by atoms with van der Waals surface area (Å²) in [5.41, 5.74) is 0. The second-order valence-electron chi connectivity index (χ2n) is 2.49. The first-order valence-corrected chi connectivity index (χ1v) is 4.66. The van der Waals surface area contributed by atoms with Crippen LogP contribution in [0.2, 0.25) is 0 Å². The lowest BCUT2D eigenvalue weighted by molar-refractivity contribution is 0.627. The molecule has 0 spiro atoms. The van der Waals surface area contributed by atoms with Crippen molar-refractivity contribution < 1.29 is 0 Å². The van der Waals surface area contributed by atoms with Crippen LogP contribution in [0.3, 0.4) is 0 Å². The van der Waals surface area contributed by atoms with Crippen molar-refractivity contribution in [1.29, 1.82) is 0 Å². The molecule has 0 saturated heterocycles. The van der Waals surface area contributed by atoms with Gasteiger partial charge in [-0.15, -0.1) is 0 Å². The maximum Gasteiger partial charge on any atom is -0.00979 e. The number of hydrogen-bond donors (Lipinski definition) is 1. The normalized spacial score (nSPS) is 9.00. The zero-order valence-electron chi connectivity index (χ0n) is 6.40. The Kier molecular flexibility index (Phi) is 15.7. The van der Waals surface area contributed by atoms with Gasteiger partial charge < -0.3 is 0 Å². The Bertz CT molecular complexity index is 38.0.